The van der Waals surface area contributed by atoms with Crippen molar-refractivity contribution in [2.75, 3.05) is 0 Å². The zero-order chi connectivity index (χ0) is 9.03. The number of hydrogen-bond donors (Lipinski definition) is 1. The van der Waals surface area contributed by atoms with Crippen molar-refractivity contribution in [3.05, 3.63) is 10.4 Å². The van der Waals surface area contributed by atoms with Crippen molar-refractivity contribution in [1.82, 2.24) is 0 Å². The summed E-state index contributed by atoms with van der Waals surface area (Å²) in [4.78, 5) is 7.12. The number of rotatable bonds is 2. The molecule has 0 unspecified atom stereocenters. The van der Waals surface area contributed by atoms with Crippen LogP contribution < -0.4 is 0 Å². The summed E-state index contributed by atoms with van der Waals surface area (Å²) < 4.78 is 0. The third-order valence-electron chi connectivity index (χ3n) is 2.51. The van der Waals surface area contributed by atoms with Crippen molar-refractivity contribution in [2.24, 2.45) is 5.11 Å². The van der Waals surface area contributed by atoms with Crippen molar-refractivity contribution in [3.8, 4) is 0 Å². The van der Waals surface area contributed by atoms with Crippen LogP contribution in [-0.2, 0) is 4.89 Å². The van der Waals surface area contributed by atoms with Crippen molar-refractivity contribution < 1.29 is 10.1 Å². The van der Waals surface area contributed by atoms with Gasteiger partial charge in [0.1, 0.15) is 5.60 Å². The van der Waals surface area contributed by atoms with Crippen LogP contribution in [0.1, 0.15) is 32.6 Å². The minimum Gasteiger partial charge on any atom is -0.251 e. The van der Waals surface area contributed by atoms with Crippen molar-refractivity contribution in [2.45, 2.75) is 44.2 Å². The van der Waals surface area contributed by atoms with E-state index in [4.69, 9.17) is 10.8 Å². The number of nitrogens with zero attached hydrogens (tertiary/aromatic N) is 3. The maximum atomic E-state index is 8.66. The van der Waals surface area contributed by atoms with E-state index < -0.39 is 5.60 Å². The first kappa shape index (κ1) is 9.32. The second-order valence-corrected chi connectivity index (χ2v) is 3.37. The minimum atomic E-state index is -0.676. The Bertz CT molecular complexity index is 203. The summed E-state index contributed by atoms with van der Waals surface area (Å²) in [6.45, 7) is 1.77. The van der Waals surface area contributed by atoms with Gasteiger partial charge in [0.2, 0.25) is 0 Å². The van der Waals surface area contributed by atoms with Crippen molar-refractivity contribution in [3.63, 3.8) is 0 Å². The third kappa shape index (κ3) is 1.69. The minimum absolute atomic E-state index is 0.235. The van der Waals surface area contributed by atoms with E-state index in [-0.39, 0.29) is 6.04 Å². The summed E-state index contributed by atoms with van der Waals surface area (Å²) in [5.74, 6) is 0. The van der Waals surface area contributed by atoms with Gasteiger partial charge in [0, 0.05) is 4.91 Å². The quantitative estimate of drug-likeness (QED) is 0.228. The molecule has 0 heterocycles. The van der Waals surface area contributed by atoms with Crippen LogP contribution in [0.2, 0.25) is 0 Å². The lowest BCUT2D eigenvalue weighted by Gasteiger charge is -2.35. The van der Waals surface area contributed by atoms with Crippen LogP contribution in [0.5, 0.6) is 0 Å². The van der Waals surface area contributed by atoms with E-state index in [1.807, 2.05) is 0 Å². The molecule has 0 bridgehead atoms. The van der Waals surface area contributed by atoms with Gasteiger partial charge in [-0.15, -0.1) is 0 Å². The van der Waals surface area contributed by atoms with E-state index in [1.165, 1.54) is 0 Å². The zero-order valence-electron chi connectivity index (χ0n) is 7.10. The van der Waals surface area contributed by atoms with Crippen LogP contribution in [0.4, 0.5) is 0 Å². The lowest BCUT2D eigenvalue weighted by molar-refractivity contribution is -0.328. The zero-order valence-corrected chi connectivity index (χ0v) is 7.10. The summed E-state index contributed by atoms with van der Waals surface area (Å²) in [5, 5.41) is 12.3. The molecule has 68 valence electrons. The van der Waals surface area contributed by atoms with Crippen LogP contribution in [0, 0.1) is 0 Å². The molecule has 0 aromatic rings. The summed E-state index contributed by atoms with van der Waals surface area (Å²) in [7, 11) is 0. The maximum Gasteiger partial charge on any atom is 0.109 e. The van der Waals surface area contributed by atoms with Crippen molar-refractivity contribution >= 4 is 0 Å². The van der Waals surface area contributed by atoms with E-state index in [1.54, 1.807) is 6.92 Å². The Hall–Kier alpha value is -0.770. The summed E-state index contributed by atoms with van der Waals surface area (Å²) >= 11 is 0. The Labute approximate surface area is 70.9 Å². The van der Waals surface area contributed by atoms with Gasteiger partial charge in [0.25, 0.3) is 0 Å². The Morgan fingerprint density at radius 3 is 3.00 bits per heavy atom. The third-order valence-corrected chi connectivity index (χ3v) is 2.51. The Kier molecular flexibility index (Phi) is 2.92. The van der Waals surface area contributed by atoms with Crippen LogP contribution in [-0.4, -0.2) is 16.9 Å². The predicted molar refractivity (Wildman–Crippen MR) is 43.5 cm³/mol. The molecule has 0 aliphatic heterocycles. The van der Waals surface area contributed by atoms with Crippen LogP contribution in [0.3, 0.4) is 0 Å². The van der Waals surface area contributed by atoms with E-state index in [0.29, 0.717) is 0 Å². The highest BCUT2D eigenvalue weighted by Gasteiger charge is 2.37. The molecule has 0 saturated heterocycles. The molecule has 5 heteroatoms. The largest absolute Gasteiger partial charge is 0.251 e. The summed E-state index contributed by atoms with van der Waals surface area (Å²) in [5.41, 5.74) is 7.59. The molecule has 2 atom stereocenters. The molecule has 0 amide bonds. The van der Waals surface area contributed by atoms with Crippen molar-refractivity contribution in [1.29, 1.82) is 0 Å². The molecule has 0 radical (unpaired) electrons. The van der Waals surface area contributed by atoms with Gasteiger partial charge in [-0.3, -0.25) is 5.26 Å². The second-order valence-electron chi connectivity index (χ2n) is 3.37. The smallest absolute Gasteiger partial charge is 0.109 e. The van der Waals surface area contributed by atoms with Gasteiger partial charge in [-0.2, -0.15) is 0 Å². The van der Waals surface area contributed by atoms with E-state index >= 15 is 0 Å². The highest BCUT2D eigenvalue weighted by atomic mass is 17.1. The molecular formula is C7H13N3O2. The highest BCUT2D eigenvalue weighted by Crippen LogP contribution is 2.33. The Morgan fingerprint density at radius 1 is 1.67 bits per heavy atom. The topological polar surface area (TPSA) is 78.2 Å². The van der Waals surface area contributed by atoms with Gasteiger partial charge in [0.05, 0.1) is 6.04 Å². The lowest BCUT2D eigenvalue weighted by atomic mass is 9.82. The molecule has 12 heavy (non-hydrogen) atoms. The fourth-order valence-corrected chi connectivity index (χ4v) is 1.63. The molecule has 1 aliphatic rings. The van der Waals surface area contributed by atoms with E-state index in [0.717, 1.165) is 25.7 Å². The first-order valence-corrected chi connectivity index (χ1v) is 4.10. The van der Waals surface area contributed by atoms with Crippen LogP contribution in [0.15, 0.2) is 5.11 Å². The first-order valence-electron chi connectivity index (χ1n) is 4.10. The number of hydrogen-bond acceptors (Lipinski definition) is 3. The molecule has 1 aliphatic carbocycles. The molecule has 1 N–H and O–H groups in total. The molecule has 1 rings (SSSR count). The standard InChI is InChI=1S/C7H13N3O2/c1-7(12-11)5-3-2-4-6(7)9-10-8/h6,11H,2-5H2,1H3/t6-,7-/m1/s1. The van der Waals surface area contributed by atoms with Gasteiger partial charge in [-0.1, -0.05) is 18.0 Å². The summed E-state index contributed by atoms with van der Waals surface area (Å²) in [6, 6.07) is -0.235. The lowest BCUT2D eigenvalue weighted by Crippen LogP contribution is -2.42. The Balaban J connectivity index is 2.72. The SMILES string of the molecule is C[C@@]1(OO)CCCC[C@H]1N=[N+]=[N-]. The van der Waals surface area contributed by atoms with Gasteiger partial charge in [0.15, 0.2) is 0 Å². The second kappa shape index (κ2) is 3.76. The monoisotopic (exact) mass is 171 g/mol. The number of azide groups is 1. The molecule has 0 aromatic carbocycles. The van der Waals surface area contributed by atoms with Crippen LogP contribution in [0.25, 0.3) is 10.4 Å². The van der Waals surface area contributed by atoms with Gasteiger partial charge < -0.3 is 0 Å². The average Bonchev–Trinajstić information content (AvgIpc) is 2.10. The molecule has 0 aromatic heterocycles. The predicted octanol–water partition coefficient (Wildman–Crippen LogP) is 2.49. The van der Waals surface area contributed by atoms with E-state index in [9.17, 15) is 0 Å². The molecular weight excluding hydrogens is 158 g/mol. The average molecular weight is 171 g/mol. The summed E-state index contributed by atoms with van der Waals surface area (Å²) in [6.07, 6.45) is 3.57. The maximum absolute atomic E-state index is 8.66. The molecule has 5 nitrogen and oxygen atoms in total. The van der Waals surface area contributed by atoms with Gasteiger partial charge in [-0.25, -0.2) is 4.89 Å². The molecule has 1 fully saturated rings. The molecule has 0 spiro atoms. The van der Waals surface area contributed by atoms with Crippen LogP contribution >= 0.6 is 0 Å². The molecule has 1 saturated carbocycles. The van der Waals surface area contributed by atoms with E-state index in [2.05, 4.69) is 14.9 Å². The van der Waals surface area contributed by atoms with Gasteiger partial charge in [-0.05, 0) is 25.3 Å². The fourth-order valence-electron chi connectivity index (χ4n) is 1.63. The van der Waals surface area contributed by atoms with Gasteiger partial charge >= 0.3 is 0 Å². The highest BCUT2D eigenvalue weighted by molar-refractivity contribution is 4.92. The first-order chi connectivity index (χ1) is 5.73. The Morgan fingerprint density at radius 2 is 2.42 bits per heavy atom. The normalized spacial score (nSPS) is 35.7. The fraction of sp³-hybridized carbons (Fsp3) is 1.00.